The summed E-state index contributed by atoms with van der Waals surface area (Å²) < 4.78 is 4.75. The quantitative estimate of drug-likeness (QED) is 0.793. The topological polar surface area (TPSA) is 54.2 Å². The third-order valence-corrected chi connectivity index (χ3v) is 2.95. The van der Waals surface area contributed by atoms with Crippen molar-refractivity contribution in [1.82, 2.24) is 20.4 Å². The standard InChI is InChI=1S/C10H18N4O/c1-3-9-4-11-8(2)5-14(9)6-10-12-7-15-13-10/h7-9,11H,3-6H2,1-2H3. The fraction of sp³-hybridized carbons (Fsp3) is 0.800. The summed E-state index contributed by atoms with van der Waals surface area (Å²) in [5, 5.41) is 7.34. The van der Waals surface area contributed by atoms with Crippen molar-refractivity contribution in [2.75, 3.05) is 13.1 Å². The first-order chi connectivity index (χ1) is 7.29. The van der Waals surface area contributed by atoms with Gasteiger partial charge in [0.15, 0.2) is 5.82 Å². The van der Waals surface area contributed by atoms with Crippen LogP contribution in [0, 0.1) is 0 Å². The minimum atomic E-state index is 0.541. The van der Waals surface area contributed by atoms with Gasteiger partial charge in [-0.1, -0.05) is 12.1 Å². The molecular formula is C10H18N4O. The molecule has 0 saturated carbocycles. The Kier molecular flexibility index (Phi) is 3.33. The van der Waals surface area contributed by atoms with Crippen LogP contribution in [0.3, 0.4) is 0 Å². The number of aromatic nitrogens is 2. The van der Waals surface area contributed by atoms with E-state index in [9.17, 15) is 0 Å². The molecule has 0 amide bonds. The molecule has 1 aliphatic rings. The molecule has 2 heterocycles. The molecular weight excluding hydrogens is 192 g/mol. The fourth-order valence-electron chi connectivity index (χ4n) is 2.07. The summed E-state index contributed by atoms with van der Waals surface area (Å²) in [4.78, 5) is 6.49. The molecule has 1 saturated heterocycles. The van der Waals surface area contributed by atoms with Crippen molar-refractivity contribution in [3.05, 3.63) is 12.2 Å². The summed E-state index contributed by atoms with van der Waals surface area (Å²) in [6.07, 6.45) is 2.54. The van der Waals surface area contributed by atoms with Gasteiger partial charge in [-0.15, -0.1) is 0 Å². The van der Waals surface area contributed by atoms with Crippen molar-refractivity contribution in [3.63, 3.8) is 0 Å². The van der Waals surface area contributed by atoms with Crippen molar-refractivity contribution >= 4 is 0 Å². The molecule has 1 aromatic rings. The van der Waals surface area contributed by atoms with E-state index < -0.39 is 0 Å². The number of hydrogen-bond donors (Lipinski definition) is 1. The van der Waals surface area contributed by atoms with Crippen LogP contribution in [0.15, 0.2) is 10.9 Å². The number of rotatable bonds is 3. The summed E-state index contributed by atoms with van der Waals surface area (Å²) in [6.45, 7) is 7.31. The van der Waals surface area contributed by atoms with Crippen LogP contribution in [0.5, 0.6) is 0 Å². The summed E-state index contributed by atoms with van der Waals surface area (Å²) in [5.41, 5.74) is 0. The van der Waals surface area contributed by atoms with Gasteiger partial charge in [0.2, 0.25) is 6.39 Å². The Hall–Kier alpha value is -0.940. The molecule has 0 spiro atoms. The van der Waals surface area contributed by atoms with Crippen LogP contribution in [-0.4, -0.2) is 40.2 Å². The lowest BCUT2D eigenvalue weighted by atomic mass is 10.1. The van der Waals surface area contributed by atoms with Gasteiger partial charge in [-0.3, -0.25) is 4.90 Å². The molecule has 5 heteroatoms. The van der Waals surface area contributed by atoms with Gasteiger partial charge in [0.1, 0.15) is 0 Å². The molecule has 2 unspecified atom stereocenters. The maximum absolute atomic E-state index is 4.75. The van der Waals surface area contributed by atoms with Crippen LogP contribution in [0.25, 0.3) is 0 Å². The second kappa shape index (κ2) is 4.72. The maximum Gasteiger partial charge on any atom is 0.213 e. The Morgan fingerprint density at radius 3 is 3.20 bits per heavy atom. The predicted molar refractivity (Wildman–Crippen MR) is 56.3 cm³/mol. The molecule has 0 radical (unpaired) electrons. The molecule has 5 nitrogen and oxygen atoms in total. The first kappa shape index (κ1) is 10.6. The Morgan fingerprint density at radius 2 is 2.53 bits per heavy atom. The smallest absolute Gasteiger partial charge is 0.213 e. The van der Waals surface area contributed by atoms with E-state index in [2.05, 4.69) is 34.2 Å². The van der Waals surface area contributed by atoms with E-state index in [4.69, 9.17) is 4.52 Å². The lowest BCUT2D eigenvalue weighted by Crippen LogP contribution is -2.54. The molecule has 1 aromatic heterocycles. The van der Waals surface area contributed by atoms with E-state index >= 15 is 0 Å². The third-order valence-electron chi connectivity index (χ3n) is 2.95. The minimum absolute atomic E-state index is 0.541. The summed E-state index contributed by atoms with van der Waals surface area (Å²) in [5.74, 6) is 0.780. The lowest BCUT2D eigenvalue weighted by molar-refractivity contribution is 0.120. The number of nitrogens with zero attached hydrogens (tertiary/aromatic N) is 3. The lowest BCUT2D eigenvalue weighted by Gasteiger charge is -2.38. The van der Waals surface area contributed by atoms with Crippen LogP contribution >= 0.6 is 0 Å². The average Bonchev–Trinajstić information content (AvgIpc) is 2.71. The van der Waals surface area contributed by atoms with E-state index in [1.165, 1.54) is 6.39 Å². The Bertz CT molecular complexity index is 288. The molecule has 2 atom stereocenters. The Balaban J connectivity index is 1.98. The summed E-state index contributed by atoms with van der Waals surface area (Å²) >= 11 is 0. The molecule has 2 rings (SSSR count). The van der Waals surface area contributed by atoms with Gasteiger partial charge < -0.3 is 9.84 Å². The van der Waals surface area contributed by atoms with Gasteiger partial charge in [0.05, 0.1) is 6.54 Å². The van der Waals surface area contributed by atoms with Crippen LogP contribution in [0.4, 0.5) is 0 Å². The minimum Gasteiger partial charge on any atom is -0.343 e. The first-order valence-electron chi connectivity index (χ1n) is 5.52. The van der Waals surface area contributed by atoms with Gasteiger partial charge in [0.25, 0.3) is 0 Å². The number of hydrogen-bond acceptors (Lipinski definition) is 5. The van der Waals surface area contributed by atoms with E-state index in [0.717, 1.165) is 31.9 Å². The van der Waals surface area contributed by atoms with E-state index in [-0.39, 0.29) is 0 Å². The van der Waals surface area contributed by atoms with Crippen LogP contribution in [0.1, 0.15) is 26.1 Å². The first-order valence-corrected chi connectivity index (χ1v) is 5.52. The van der Waals surface area contributed by atoms with Gasteiger partial charge in [-0.2, -0.15) is 4.98 Å². The molecule has 1 N–H and O–H groups in total. The largest absolute Gasteiger partial charge is 0.343 e. The zero-order valence-electron chi connectivity index (χ0n) is 9.31. The highest BCUT2D eigenvalue weighted by Crippen LogP contribution is 2.12. The third kappa shape index (κ3) is 2.54. The van der Waals surface area contributed by atoms with Crippen molar-refractivity contribution in [2.24, 2.45) is 0 Å². The van der Waals surface area contributed by atoms with Crippen molar-refractivity contribution in [3.8, 4) is 0 Å². The fourth-order valence-corrected chi connectivity index (χ4v) is 2.07. The Morgan fingerprint density at radius 1 is 1.67 bits per heavy atom. The second-order valence-corrected chi connectivity index (χ2v) is 4.15. The van der Waals surface area contributed by atoms with E-state index in [0.29, 0.717) is 12.1 Å². The highest BCUT2D eigenvalue weighted by molar-refractivity contribution is 4.87. The molecule has 15 heavy (non-hydrogen) atoms. The average molecular weight is 210 g/mol. The summed E-state index contributed by atoms with van der Waals surface area (Å²) in [6, 6.07) is 1.12. The molecule has 0 bridgehead atoms. The van der Waals surface area contributed by atoms with Crippen LogP contribution in [-0.2, 0) is 6.54 Å². The van der Waals surface area contributed by atoms with Gasteiger partial charge in [-0.05, 0) is 13.3 Å². The van der Waals surface area contributed by atoms with Crippen molar-refractivity contribution < 1.29 is 4.52 Å². The molecule has 1 fully saturated rings. The van der Waals surface area contributed by atoms with Gasteiger partial charge in [0, 0.05) is 25.2 Å². The zero-order valence-corrected chi connectivity index (χ0v) is 9.31. The van der Waals surface area contributed by atoms with E-state index in [1.807, 2.05) is 0 Å². The SMILES string of the molecule is CCC1CNC(C)CN1Cc1ncon1. The predicted octanol–water partition coefficient (Wildman–Crippen LogP) is 0.642. The van der Waals surface area contributed by atoms with Gasteiger partial charge >= 0.3 is 0 Å². The normalized spacial score (nSPS) is 28.1. The maximum atomic E-state index is 4.75. The van der Waals surface area contributed by atoms with Crippen LogP contribution < -0.4 is 5.32 Å². The number of piperazine rings is 1. The Labute approximate surface area is 89.8 Å². The molecule has 0 aliphatic carbocycles. The highest BCUT2D eigenvalue weighted by atomic mass is 16.5. The monoisotopic (exact) mass is 210 g/mol. The van der Waals surface area contributed by atoms with Crippen molar-refractivity contribution in [1.29, 1.82) is 0 Å². The van der Waals surface area contributed by atoms with Crippen molar-refractivity contribution in [2.45, 2.75) is 38.9 Å². The summed E-state index contributed by atoms with van der Waals surface area (Å²) in [7, 11) is 0. The highest BCUT2D eigenvalue weighted by Gasteiger charge is 2.25. The second-order valence-electron chi connectivity index (χ2n) is 4.15. The molecule has 1 aliphatic heterocycles. The zero-order chi connectivity index (χ0) is 10.7. The van der Waals surface area contributed by atoms with E-state index in [1.54, 1.807) is 0 Å². The van der Waals surface area contributed by atoms with Gasteiger partial charge in [-0.25, -0.2) is 0 Å². The van der Waals surface area contributed by atoms with Crippen LogP contribution in [0.2, 0.25) is 0 Å². The molecule has 0 aromatic carbocycles. The number of nitrogens with one attached hydrogen (secondary N) is 1. The molecule has 84 valence electrons.